The van der Waals surface area contributed by atoms with Gasteiger partial charge in [0.05, 0.1) is 13.2 Å². The average molecular weight is 136 g/mol. The molecule has 0 aromatic carbocycles. The van der Waals surface area contributed by atoms with E-state index in [1.807, 2.05) is 0 Å². The van der Waals surface area contributed by atoms with E-state index in [1.54, 1.807) is 6.61 Å². The Kier molecular flexibility index (Phi) is 5.56. The molecule has 0 N–H and O–H groups in total. The molecule has 0 bridgehead atoms. The lowest BCUT2D eigenvalue weighted by Crippen LogP contribution is -1.97. The Morgan fingerprint density at radius 1 is 1.62 bits per heavy atom. The minimum atomic E-state index is 0.498. The highest BCUT2D eigenvalue weighted by Gasteiger charge is 1.91. The van der Waals surface area contributed by atoms with Gasteiger partial charge in [-0.25, -0.2) is 0 Å². The quantitative estimate of drug-likeness (QED) is 0.424. The predicted octanol–water partition coefficient (Wildman–Crippen LogP) is 2.06. The van der Waals surface area contributed by atoms with E-state index in [0.29, 0.717) is 18.4 Å². The summed E-state index contributed by atoms with van der Waals surface area (Å²) in [6.45, 7) is 6.55. The molecule has 0 unspecified atom stereocenters. The fourth-order valence-electron chi connectivity index (χ4n) is 0.305. The first kappa shape index (κ1) is 8.25. The molecule has 0 aromatic rings. The highest BCUT2D eigenvalue weighted by molar-refractivity contribution is 6.17. The Hall–Kier alpha value is 0.250. The number of ether oxygens (including phenoxy) is 1. The first-order valence-electron chi connectivity index (χ1n) is 2.78. The van der Waals surface area contributed by atoms with Crippen LogP contribution in [0.4, 0.5) is 0 Å². The molecule has 0 saturated heterocycles. The van der Waals surface area contributed by atoms with Gasteiger partial charge in [0.1, 0.15) is 0 Å². The van der Waals surface area contributed by atoms with Crippen LogP contribution in [0, 0.1) is 12.5 Å². The molecule has 0 aliphatic carbocycles. The van der Waals surface area contributed by atoms with Gasteiger partial charge in [-0.3, -0.25) is 0 Å². The van der Waals surface area contributed by atoms with Crippen LogP contribution >= 0.6 is 11.6 Å². The maximum absolute atomic E-state index is 5.34. The predicted molar refractivity (Wildman–Crippen MR) is 35.8 cm³/mol. The molecule has 0 atom stereocenters. The summed E-state index contributed by atoms with van der Waals surface area (Å²) in [5.74, 6) is 1.07. The fourth-order valence-corrected chi connectivity index (χ4v) is 0.394. The molecule has 1 radical (unpaired) electrons. The van der Waals surface area contributed by atoms with Crippen molar-refractivity contribution in [3.05, 3.63) is 6.61 Å². The summed E-state index contributed by atoms with van der Waals surface area (Å²) in [6.07, 6.45) is 0. The summed E-state index contributed by atoms with van der Waals surface area (Å²) >= 11 is 5.34. The van der Waals surface area contributed by atoms with Crippen LogP contribution in [0.5, 0.6) is 0 Å². The summed E-state index contributed by atoms with van der Waals surface area (Å²) in [5.41, 5.74) is 0. The van der Waals surface area contributed by atoms with E-state index in [4.69, 9.17) is 16.3 Å². The molecule has 0 rings (SSSR count). The van der Waals surface area contributed by atoms with E-state index < -0.39 is 0 Å². The van der Waals surface area contributed by atoms with Gasteiger partial charge < -0.3 is 4.74 Å². The third-order valence-electron chi connectivity index (χ3n) is 0.563. The van der Waals surface area contributed by atoms with Gasteiger partial charge in [0.25, 0.3) is 0 Å². The minimum absolute atomic E-state index is 0.498. The zero-order chi connectivity index (χ0) is 6.41. The van der Waals surface area contributed by atoms with E-state index in [-0.39, 0.29) is 0 Å². The lowest BCUT2D eigenvalue weighted by atomic mass is 10.2. The van der Waals surface area contributed by atoms with Gasteiger partial charge in [0, 0.05) is 5.88 Å². The van der Waals surface area contributed by atoms with Crippen LogP contribution in [0.25, 0.3) is 0 Å². The van der Waals surface area contributed by atoms with Crippen molar-refractivity contribution in [3.8, 4) is 0 Å². The van der Waals surface area contributed by atoms with E-state index >= 15 is 0 Å². The third-order valence-corrected chi connectivity index (χ3v) is 0.718. The zero-order valence-electron chi connectivity index (χ0n) is 5.36. The maximum Gasteiger partial charge on any atom is 0.0862 e. The summed E-state index contributed by atoms with van der Waals surface area (Å²) < 4.78 is 4.99. The summed E-state index contributed by atoms with van der Waals surface area (Å²) in [6, 6.07) is 0. The van der Waals surface area contributed by atoms with Gasteiger partial charge >= 0.3 is 0 Å². The molecule has 0 amide bonds. The molecule has 0 aliphatic rings. The van der Waals surface area contributed by atoms with Crippen LogP contribution in [0.15, 0.2) is 0 Å². The molecular weight excluding hydrogens is 124 g/mol. The Morgan fingerprint density at radius 3 is 2.62 bits per heavy atom. The lowest BCUT2D eigenvalue weighted by Gasteiger charge is -2.01. The normalized spacial score (nSPS) is 10.5. The van der Waals surface area contributed by atoms with Gasteiger partial charge in [0.2, 0.25) is 0 Å². The lowest BCUT2D eigenvalue weighted by molar-refractivity contribution is 0.190. The first-order valence-corrected chi connectivity index (χ1v) is 3.31. The molecule has 0 fully saturated rings. The second-order valence-electron chi connectivity index (χ2n) is 1.94. The van der Waals surface area contributed by atoms with E-state index in [1.165, 1.54) is 0 Å². The molecule has 0 aliphatic heterocycles. The highest BCUT2D eigenvalue weighted by atomic mass is 35.5. The SMILES string of the molecule is CC(C)[CH]OCCCl. The average Bonchev–Trinajstić information content (AvgIpc) is 1.66. The van der Waals surface area contributed by atoms with E-state index in [2.05, 4.69) is 13.8 Å². The maximum atomic E-state index is 5.34. The van der Waals surface area contributed by atoms with Crippen LogP contribution in [-0.4, -0.2) is 12.5 Å². The monoisotopic (exact) mass is 135 g/mol. The third kappa shape index (κ3) is 6.25. The number of alkyl halides is 1. The molecule has 0 heterocycles. The van der Waals surface area contributed by atoms with Crippen molar-refractivity contribution in [3.63, 3.8) is 0 Å². The number of hydrogen-bond donors (Lipinski definition) is 0. The number of hydrogen-bond acceptors (Lipinski definition) is 1. The second-order valence-corrected chi connectivity index (χ2v) is 2.32. The van der Waals surface area contributed by atoms with Gasteiger partial charge in [-0.05, 0) is 5.92 Å². The standard InChI is InChI=1S/C6H12ClO/c1-6(2)5-8-4-3-7/h5-6H,3-4H2,1-2H3. The topological polar surface area (TPSA) is 9.23 Å². The van der Waals surface area contributed by atoms with Crippen LogP contribution in [0.3, 0.4) is 0 Å². The van der Waals surface area contributed by atoms with E-state index in [0.717, 1.165) is 0 Å². The Balaban J connectivity index is 2.72. The van der Waals surface area contributed by atoms with Crippen LogP contribution in [0.2, 0.25) is 0 Å². The fraction of sp³-hybridized carbons (Fsp3) is 0.833. The summed E-state index contributed by atoms with van der Waals surface area (Å²) in [4.78, 5) is 0. The van der Waals surface area contributed by atoms with Crippen LogP contribution < -0.4 is 0 Å². The number of halogens is 1. The van der Waals surface area contributed by atoms with Crippen molar-refractivity contribution in [2.24, 2.45) is 5.92 Å². The molecule has 8 heavy (non-hydrogen) atoms. The van der Waals surface area contributed by atoms with Crippen molar-refractivity contribution in [1.82, 2.24) is 0 Å². The van der Waals surface area contributed by atoms with Crippen molar-refractivity contribution in [1.29, 1.82) is 0 Å². The van der Waals surface area contributed by atoms with Crippen LogP contribution in [-0.2, 0) is 4.74 Å². The van der Waals surface area contributed by atoms with Crippen molar-refractivity contribution in [2.45, 2.75) is 13.8 Å². The van der Waals surface area contributed by atoms with Gasteiger partial charge in [-0.1, -0.05) is 13.8 Å². The van der Waals surface area contributed by atoms with Crippen molar-refractivity contribution >= 4 is 11.6 Å². The smallest absolute Gasteiger partial charge is 0.0862 e. The Morgan fingerprint density at radius 2 is 2.25 bits per heavy atom. The Bertz CT molecular complexity index is 45.8. The van der Waals surface area contributed by atoms with Gasteiger partial charge in [-0.15, -0.1) is 11.6 Å². The first-order chi connectivity index (χ1) is 3.77. The van der Waals surface area contributed by atoms with Crippen molar-refractivity contribution in [2.75, 3.05) is 12.5 Å². The van der Waals surface area contributed by atoms with Gasteiger partial charge in [0.15, 0.2) is 0 Å². The molecular formula is C6H12ClO. The highest BCUT2D eigenvalue weighted by Crippen LogP contribution is 1.97. The molecule has 0 aromatic heterocycles. The molecule has 0 saturated carbocycles. The van der Waals surface area contributed by atoms with Gasteiger partial charge in [-0.2, -0.15) is 0 Å². The molecule has 1 nitrogen and oxygen atoms in total. The van der Waals surface area contributed by atoms with Crippen molar-refractivity contribution < 1.29 is 4.74 Å². The largest absolute Gasteiger partial charge is 0.374 e. The second kappa shape index (κ2) is 5.39. The van der Waals surface area contributed by atoms with E-state index in [9.17, 15) is 0 Å². The summed E-state index contributed by atoms with van der Waals surface area (Å²) in [5, 5.41) is 0. The molecule has 2 heteroatoms. The molecule has 0 spiro atoms. The summed E-state index contributed by atoms with van der Waals surface area (Å²) in [7, 11) is 0. The zero-order valence-corrected chi connectivity index (χ0v) is 6.11. The minimum Gasteiger partial charge on any atom is -0.374 e. The molecule has 49 valence electrons. The Labute approximate surface area is 56.0 Å². The number of rotatable bonds is 4. The van der Waals surface area contributed by atoms with Crippen LogP contribution in [0.1, 0.15) is 13.8 Å².